The average Bonchev–Trinajstić information content (AvgIpc) is 3.24. The summed E-state index contributed by atoms with van der Waals surface area (Å²) in [6, 6.07) is 9.42. The van der Waals surface area contributed by atoms with E-state index in [0.717, 1.165) is 31.5 Å². The molecule has 6 heteroatoms. The molecule has 2 fully saturated rings. The lowest BCUT2D eigenvalue weighted by atomic mass is 9.77. The van der Waals surface area contributed by atoms with Crippen molar-refractivity contribution in [3.63, 3.8) is 0 Å². The number of aromatic amines is 1. The fourth-order valence-electron chi connectivity index (χ4n) is 3.97. The van der Waals surface area contributed by atoms with Gasteiger partial charge in [0.25, 0.3) is 5.91 Å². The summed E-state index contributed by atoms with van der Waals surface area (Å²) in [5.74, 6) is 0.856. The highest BCUT2D eigenvalue weighted by Crippen LogP contribution is 2.33. The minimum absolute atomic E-state index is 0.203. The van der Waals surface area contributed by atoms with Crippen molar-refractivity contribution in [2.45, 2.75) is 25.0 Å². The number of carbonyl (C=O) groups is 1. The molecule has 6 nitrogen and oxygen atoms in total. The molecule has 1 aromatic carbocycles. The maximum absolute atomic E-state index is 12.7. The molecule has 4 N–H and O–H groups in total. The average molecular weight is 326 g/mol. The second-order valence-corrected chi connectivity index (χ2v) is 6.79. The van der Waals surface area contributed by atoms with E-state index in [1.807, 2.05) is 30.3 Å². The quantitative estimate of drug-likeness (QED) is 0.681. The van der Waals surface area contributed by atoms with E-state index in [2.05, 4.69) is 20.6 Å². The largest absolute Gasteiger partial charge is 0.391 e. The number of aliphatic hydroxyl groups excluding tert-OH is 1. The third-order valence-electron chi connectivity index (χ3n) is 5.28. The fourth-order valence-corrected chi connectivity index (χ4v) is 3.97. The first-order chi connectivity index (χ1) is 11.7. The lowest BCUT2D eigenvalue weighted by Crippen LogP contribution is -2.49. The maximum atomic E-state index is 12.7. The highest BCUT2D eigenvalue weighted by Gasteiger charge is 2.39. The number of imidazole rings is 1. The van der Waals surface area contributed by atoms with E-state index in [9.17, 15) is 9.90 Å². The molecule has 1 aromatic heterocycles. The van der Waals surface area contributed by atoms with Crippen LogP contribution in [0.3, 0.4) is 0 Å². The predicted octanol–water partition coefficient (Wildman–Crippen LogP) is 1.17. The summed E-state index contributed by atoms with van der Waals surface area (Å²) in [4.78, 5) is 19.9. The predicted molar refractivity (Wildman–Crippen MR) is 90.4 cm³/mol. The van der Waals surface area contributed by atoms with Crippen LogP contribution >= 0.6 is 0 Å². The number of aromatic nitrogens is 2. The first-order valence-corrected chi connectivity index (χ1v) is 8.51. The lowest BCUT2D eigenvalue weighted by molar-refractivity contribution is 0.0460. The summed E-state index contributed by atoms with van der Waals surface area (Å²) in [6.07, 6.45) is 2.61. The number of fused-ring (bicyclic) bond motifs is 1. The summed E-state index contributed by atoms with van der Waals surface area (Å²) < 4.78 is 0. The molecule has 2 aromatic rings. The lowest BCUT2D eigenvalue weighted by Gasteiger charge is -2.35. The van der Waals surface area contributed by atoms with Gasteiger partial charge in [-0.2, -0.15) is 0 Å². The van der Waals surface area contributed by atoms with Crippen molar-refractivity contribution in [2.24, 2.45) is 11.8 Å². The SMILES string of the molecule is O=C(N[C@H]1C[C@H]2CNC[C@H]2C[C@@H]1O)c1[nH]cnc1-c1ccccc1. The van der Waals surface area contributed by atoms with E-state index < -0.39 is 6.10 Å². The van der Waals surface area contributed by atoms with E-state index in [1.165, 1.54) is 6.33 Å². The Morgan fingerprint density at radius 3 is 2.71 bits per heavy atom. The van der Waals surface area contributed by atoms with Crippen LogP contribution in [0.5, 0.6) is 0 Å². The molecule has 24 heavy (non-hydrogen) atoms. The maximum Gasteiger partial charge on any atom is 0.270 e. The number of benzene rings is 1. The number of hydrogen-bond donors (Lipinski definition) is 4. The Morgan fingerprint density at radius 1 is 1.17 bits per heavy atom. The Kier molecular flexibility index (Phi) is 4.08. The fraction of sp³-hybridized carbons (Fsp3) is 0.444. The van der Waals surface area contributed by atoms with Crippen LogP contribution < -0.4 is 10.6 Å². The van der Waals surface area contributed by atoms with Gasteiger partial charge in [0.2, 0.25) is 0 Å². The first-order valence-electron chi connectivity index (χ1n) is 8.51. The smallest absolute Gasteiger partial charge is 0.270 e. The number of hydrogen-bond acceptors (Lipinski definition) is 4. The third kappa shape index (κ3) is 2.83. The van der Waals surface area contributed by atoms with Gasteiger partial charge < -0.3 is 20.7 Å². The molecule has 0 bridgehead atoms. The summed E-state index contributed by atoms with van der Waals surface area (Å²) in [5.41, 5.74) is 1.98. The van der Waals surface area contributed by atoms with Gasteiger partial charge in [0, 0.05) is 5.56 Å². The number of carbonyl (C=O) groups excluding carboxylic acids is 1. The van der Waals surface area contributed by atoms with Gasteiger partial charge >= 0.3 is 0 Å². The highest BCUT2D eigenvalue weighted by molar-refractivity contribution is 5.98. The van der Waals surface area contributed by atoms with Crippen LogP contribution in [0.2, 0.25) is 0 Å². The summed E-state index contributed by atoms with van der Waals surface area (Å²) >= 11 is 0. The topological polar surface area (TPSA) is 90.0 Å². The van der Waals surface area contributed by atoms with Gasteiger partial charge in [-0.3, -0.25) is 4.79 Å². The summed E-state index contributed by atoms with van der Waals surface area (Å²) in [5, 5.41) is 16.8. The highest BCUT2D eigenvalue weighted by atomic mass is 16.3. The van der Waals surface area contributed by atoms with Gasteiger partial charge in [-0.25, -0.2) is 4.98 Å². The van der Waals surface area contributed by atoms with Gasteiger partial charge in [0.1, 0.15) is 11.4 Å². The van der Waals surface area contributed by atoms with Crippen LogP contribution in [0, 0.1) is 11.8 Å². The molecule has 4 rings (SSSR count). The van der Waals surface area contributed by atoms with Crippen molar-refractivity contribution in [3.05, 3.63) is 42.4 Å². The van der Waals surface area contributed by atoms with Crippen LogP contribution in [-0.2, 0) is 0 Å². The molecule has 0 radical (unpaired) electrons. The normalized spacial score (nSPS) is 29.2. The molecule has 4 atom stereocenters. The van der Waals surface area contributed by atoms with E-state index in [4.69, 9.17) is 0 Å². The van der Waals surface area contributed by atoms with Gasteiger partial charge in [-0.15, -0.1) is 0 Å². The number of rotatable bonds is 3. The molecule has 0 unspecified atom stereocenters. The third-order valence-corrected chi connectivity index (χ3v) is 5.28. The number of H-pyrrole nitrogens is 1. The van der Waals surface area contributed by atoms with Crippen LogP contribution in [0.25, 0.3) is 11.3 Å². The van der Waals surface area contributed by atoms with E-state index >= 15 is 0 Å². The standard InChI is InChI=1S/C18H22N4O2/c23-15-7-13-9-19-8-12(13)6-14(15)22-18(24)17-16(20-10-21-17)11-4-2-1-3-5-11/h1-5,10,12-15,19,23H,6-9H2,(H,20,21)(H,22,24)/t12-,13+,14-,15-/m0/s1. The number of nitrogens with zero attached hydrogens (tertiary/aromatic N) is 1. The Balaban J connectivity index is 1.50. The second-order valence-electron chi connectivity index (χ2n) is 6.79. The molecular formula is C18H22N4O2. The molecule has 1 amide bonds. The molecule has 126 valence electrons. The summed E-state index contributed by atoms with van der Waals surface area (Å²) in [6.45, 7) is 1.95. The van der Waals surface area contributed by atoms with Crippen molar-refractivity contribution < 1.29 is 9.90 Å². The molecule has 1 aliphatic carbocycles. The van der Waals surface area contributed by atoms with E-state index in [0.29, 0.717) is 23.2 Å². The molecule has 1 aliphatic heterocycles. The second kappa shape index (κ2) is 6.37. The van der Waals surface area contributed by atoms with Crippen LogP contribution in [0.1, 0.15) is 23.3 Å². The Bertz CT molecular complexity index is 715. The van der Waals surface area contributed by atoms with Gasteiger partial charge in [-0.05, 0) is 37.8 Å². The summed E-state index contributed by atoms with van der Waals surface area (Å²) in [7, 11) is 0. The first kappa shape index (κ1) is 15.4. The molecule has 0 spiro atoms. The van der Waals surface area contributed by atoms with Crippen molar-refractivity contribution in [3.8, 4) is 11.3 Å². The van der Waals surface area contributed by atoms with Crippen molar-refractivity contribution in [1.82, 2.24) is 20.6 Å². The molecule has 2 heterocycles. The Morgan fingerprint density at radius 2 is 1.92 bits per heavy atom. The van der Waals surface area contributed by atoms with Crippen LogP contribution in [0.15, 0.2) is 36.7 Å². The molecular weight excluding hydrogens is 304 g/mol. The van der Waals surface area contributed by atoms with Gasteiger partial charge in [0.05, 0.1) is 18.5 Å². The van der Waals surface area contributed by atoms with Crippen molar-refractivity contribution >= 4 is 5.91 Å². The van der Waals surface area contributed by atoms with E-state index in [-0.39, 0.29) is 11.9 Å². The Labute approximate surface area is 140 Å². The van der Waals surface area contributed by atoms with Gasteiger partial charge in [-0.1, -0.05) is 30.3 Å². The Hall–Kier alpha value is -2.18. The van der Waals surface area contributed by atoms with E-state index in [1.54, 1.807) is 0 Å². The monoisotopic (exact) mass is 326 g/mol. The number of nitrogens with one attached hydrogen (secondary N) is 3. The minimum atomic E-state index is -0.488. The zero-order valence-corrected chi connectivity index (χ0v) is 13.4. The molecule has 1 saturated carbocycles. The van der Waals surface area contributed by atoms with Crippen LogP contribution in [0.4, 0.5) is 0 Å². The number of amides is 1. The number of aliphatic hydroxyl groups is 1. The zero-order chi connectivity index (χ0) is 16.5. The van der Waals surface area contributed by atoms with Gasteiger partial charge in [0.15, 0.2) is 0 Å². The zero-order valence-electron chi connectivity index (χ0n) is 13.4. The molecule has 1 saturated heterocycles. The minimum Gasteiger partial charge on any atom is -0.391 e. The van der Waals surface area contributed by atoms with Crippen molar-refractivity contribution in [2.75, 3.05) is 13.1 Å². The van der Waals surface area contributed by atoms with Crippen molar-refractivity contribution in [1.29, 1.82) is 0 Å². The molecule has 2 aliphatic rings. The van der Waals surface area contributed by atoms with Crippen LogP contribution in [-0.4, -0.2) is 46.2 Å².